The summed E-state index contributed by atoms with van der Waals surface area (Å²) >= 11 is 11.5. The van der Waals surface area contributed by atoms with Crippen molar-refractivity contribution < 1.29 is 13.5 Å². The van der Waals surface area contributed by atoms with E-state index in [1.807, 2.05) is 0 Å². The molecule has 4 nitrogen and oxygen atoms in total. The molecule has 1 aliphatic carbocycles. The highest BCUT2D eigenvalue weighted by molar-refractivity contribution is 7.89. The molecule has 0 unspecified atom stereocenters. The van der Waals surface area contributed by atoms with Gasteiger partial charge in [0.05, 0.1) is 27.1 Å². The van der Waals surface area contributed by atoms with Crippen molar-refractivity contribution in [2.75, 3.05) is 6.61 Å². The van der Waals surface area contributed by atoms with Gasteiger partial charge in [-0.2, -0.15) is 0 Å². The number of rotatable bonds is 4. The van der Waals surface area contributed by atoms with Gasteiger partial charge in [-0.3, -0.25) is 0 Å². The monoisotopic (exact) mass is 295 g/mol. The largest absolute Gasteiger partial charge is 0.394 e. The number of aliphatic hydroxyl groups is 1. The predicted octanol–water partition coefficient (Wildman–Crippen LogP) is 1.80. The van der Waals surface area contributed by atoms with E-state index in [-0.39, 0.29) is 16.5 Å². The summed E-state index contributed by atoms with van der Waals surface area (Å²) in [5.41, 5.74) is -0.690. The average Bonchev–Trinajstić information content (AvgIpc) is 3.02. The third-order valence-corrected chi connectivity index (χ3v) is 5.02. The van der Waals surface area contributed by atoms with Gasteiger partial charge in [0.2, 0.25) is 10.0 Å². The Hall–Kier alpha value is -0.330. The summed E-state index contributed by atoms with van der Waals surface area (Å²) in [5, 5.41) is 9.57. The number of halogens is 2. The molecular formula is C10H11Cl2NO3S. The van der Waals surface area contributed by atoms with Crippen LogP contribution in [0.5, 0.6) is 0 Å². The van der Waals surface area contributed by atoms with E-state index in [2.05, 4.69) is 4.72 Å². The van der Waals surface area contributed by atoms with Crippen molar-refractivity contribution in [3.8, 4) is 0 Å². The second kappa shape index (κ2) is 4.40. The lowest BCUT2D eigenvalue weighted by Crippen LogP contribution is -2.39. The van der Waals surface area contributed by atoms with Gasteiger partial charge in [-0.1, -0.05) is 23.2 Å². The Labute approximate surface area is 110 Å². The van der Waals surface area contributed by atoms with Crippen molar-refractivity contribution >= 4 is 33.2 Å². The fourth-order valence-corrected chi connectivity index (χ4v) is 3.27. The minimum absolute atomic E-state index is 0.0478. The summed E-state index contributed by atoms with van der Waals surface area (Å²) in [4.78, 5) is 0.0478. The van der Waals surface area contributed by atoms with Gasteiger partial charge in [0.25, 0.3) is 0 Å². The van der Waals surface area contributed by atoms with Crippen LogP contribution in [0, 0.1) is 0 Å². The summed E-state index contributed by atoms with van der Waals surface area (Å²) in [7, 11) is -3.66. The molecule has 0 aromatic heterocycles. The quantitative estimate of drug-likeness (QED) is 0.890. The summed E-state index contributed by atoms with van der Waals surface area (Å²) in [6, 6.07) is 4.10. The van der Waals surface area contributed by atoms with Crippen LogP contribution < -0.4 is 4.72 Å². The predicted molar refractivity (Wildman–Crippen MR) is 65.8 cm³/mol. The SMILES string of the molecule is O=S(=O)(NC1(CO)CC1)c1ccc(Cl)c(Cl)c1. The number of aliphatic hydroxyl groups excluding tert-OH is 1. The van der Waals surface area contributed by atoms with Crippen LogP contribution in [-0.2, 0) is 10.0 Å². The first-order valence-corrected chi connectivity index (χ1v) is 7.22. The number of hydrogen-bond donors (Lipinski definition) is 2. The highest BCUT2D eigenvalue weighted by Crippen LogP contribution is 2.36. The molecule has 1 fully saturated rings. The summed E-state index contributed by atoms with van der Waals surface area (Å²) in [5.74, 6) is 0. The van der Waals surface area contributed by atoms with E-state index in [0.29, 0.717) is 17.9 Å². The highest BCUT2D eigenvalue weighted by Gasteiger charge is 2.45. The topological polar surface area (TPSA) is 66.4 Å². The molecule has 94 valence electrons. The first-order chi connectivity index (χ1) is 7.88. The van der Waals surface area contributed by atoms with Gasteiger partial charge >= 0.3 is 0 Å². The van der Waals surface area contributed by atoms with Crippen molar-refractivity contribution in [2.45, 2.75) is 23.3 Å². The molecule has 0 spiro atoms. The van der Waals surface area contributed by atoms with E-state index in [0.717, 1.165) is 0 Å². The van der Waals surface area contributed by atoms with Crippen LogP contribution in [0.1, 0.15) is 12.8 Å². The molecule has 1 aromatic rings. The van der Waals surface area contributed by atoms with E-state index in [1.165, 1.54) is 18.2 Å². The number of benzene rings is 1. The maximum Gasteiger partial charge on any atom is 0.241 e. The molecule has 1 aromatic carbocycles. The lowest BCUT2D eigenvalue weighted by atomic mass is 10.3. The van der Waals surface area contributed by atoms with Gasteiger partial charge in [-0.05, 0) is 31.0 Å². The molecule has 0 saturated heterocycles. The molecular weight excluding hydrogens is 285 g/mol. The molecule has 1 saturated carbocycles. The van der Waals surface area contributed by atoms with Crippen molar-refractivity contribution in [3.63, 3.8) is 0 Å². The van der Waals surface area contributed by atoms with Gasteiger partial charge in [0.15, 0.2) is 0 Å². The summed E-state index contributed by atoms with van der Waals surface area (Å²) < 4.78 is 26.4. The molecule has 7 heteroatoms. The van der Waals surface area contributed by atoms with Crippen LogP contribution in [0.4, 0.5) is 0 Å². The van der Waals surface area contributed by atoms with E-state index in [9.17, 15) is 8.42 Å². The van der Waals surface area contributed by atoms with Crippen molar-refractivity contribution in [1.82, 2.24) is 4.72 Å². The van der Waals surface area contributed by atoms with E-state index in [4.69, 9.17) is 28.3 Å². The Morgan fingerprint density at radius 1 is 1.29 bits per heavy atom. The number of sulfonamides is 1. The van der Waals surface area contributed by atoms with Crippen molar-refractivity contribution in [1.29, 1.82) is 0 Å². The first kappa shape index (κ1) is 13.1. The molecule has 2 rings (SSSR count). The first-order valence-electron chi connectivity index (χ1n) is 4.98. The van der Waals surface area contributed by atoms with Crippen molar-refractivity contribution in [3.05, 3.63) is 28.2 Å². The zero-order valence-electron chi connectivity index (χ0n) is 8.78. The second-order valence-corrected chi connectivity index (χ2v) is 6.62. The number of nitrogens with one attached hydrogen (secondary N) is 1. The molecule has 0 bridgehead atoms. The maximum atomic E-state index is 12.0. The lowest BCUT2D eigenvalue weighted by Gasteiger charge is -2.14. The Bertz CT molecular complexity index is 540. The molecule has 2 N–H and O–H groups in total. The summed E-state index contributed by atoms with van der Waals surface area (Å²) in [6.45, 7) is -0.201. The molecule has 0 amide bonds. The molecule has 1 aliphatic rings. The van der Waals surface area contributed by atoms with Crippen LogP contribution >= 0.6 is 23.2 Å². The number of hydrogen-bond acceptors (Lipinski definition) is 3. The fraction of sp³-hybridized carbons (Fsp3) is 0.400. The average molecular weight is 296 g/mol. The highest BCUT2D eigenvalue weighted by atomic mass is 35.5. The van der Waals surface area contributed by atoms with E-state index >= 15 is 0 Å². The molecule has 0 atom stereocenters. The van der Waals surface area contributed by atoms with Crippen LogP contribution in [0.3, 0.4) is 0 Å². The van der Waals surface area contributed by atoms with Crippen LogP contribution in [0.15, 0.2) is 23.1 Å². The van der Waals surface area contributed by atoms with Crippen LogP contribution in [0.25, 0.3) is 0 Å². The zero-order chi connectivity index (χ0) is 12.7. The van der Waals surface area contributed by atoms with Crippen LogP contribution in [-0.4, -0.2) is 25.7 Å². The second-order valence-electron chi connectivity index (χ2n) is 4.12. The molecule has 0 aliphatic heterocycles. The minimum Gasteiger partial charge on any atom is -0.394 e. The third-order valence-electron chi connectivity index (χ3n) is 2.71. The van der Waals surface area contributed by atoms with Gasteiger partial charge in [-0.15, -0.1) is 0 Å². The van der Waals surface area contributed by atoms with Crippen molar-refractivity contribution in [2.24, 2.45) is 0 Å². The fourth-order valence-electron chi connectivity index (χ4n) is 1.43. The third kappa shape index (κ3) is 2.74. The Morgan fingerprint density at radius 2 is 1.94 bits per heavy atom. The molecule has 17 heavy (non-hydrogen) atoms. The Morgan fingerprint density at radius 3 is 2.41 bits per heavy atom. The van der Waals surface area contributed by atoms with Gasteiger partial charge in [0.1, 0.15) is 0 Å². The normalized spacial score (nSPS) is 18.1. The smallest absolute Gasteiger partial charge is 0.241 e. The standard InChI is InChI=1S/C10H11Cl2NO3S/c11-8-2-1-7(5-9(8)12)17(15,16)13-10(6-14)3-4-10/h1-2,5,13-14H,3-4,6H2. The maximum absolute atomic E-state index is 12.0. The van der Waals surface area contributed by atoms with E-state index < -0.39 is 15.6 Å². The van der Waals surface area contributed by atoms with Gasteiger partial charge in [-0.25, -0.2) is 13.1 Å². The molecule has 0 radical (unpaired) electrons. The van der Waals surface area contributed by atoms with Gasteiger partial charge in [0, 0.05) is 0 Å². The molecule has 0 heterocycles. The summed E-state index contributed by atoms with van der Waals surface area (Å²) in [6.07, 6.45) is 1.29. The lowest BCUT2D eigenvalue weighted by molar-refractivity contribution is 0.246. The zero-order valence-corrected chi connectivity index (χ0v) is 11.1. The van der Waals surface area contributed by atoms with Gasteiger partial charge < -0.3 is 5.11 Å². The van der Waals surface area contributed by atoms with Crippen LogP contribution in [0.2, 0.25) is 10.0 Å². The Kier molecular flexibility index (Phi) is 3.40. The minimum atomic E-state index is -3.66. The Balaban J connectivity index is 2.29. The van der Waals surface area contributed by atoms with E-state index in [1.54, 1.807) is 0 Å².